The molecule has 37 heavy (non-hydrogen) atoms. The highest BCUT2D eigenvalue weighted by molar-refractivity contribution is 5.99. The summed E-state index contributed by atoms with van der Waals surface area (Å²) in [6, 6.07) is 8.75. The molecule has 2 aliphatic heterocycles. The fourth-order valence-corrected chi connectivity index (χ4v) is 5.76. The molecule has 3 heterocycles. The van der Waals surface area contributed by atoms with Gasteiger partial charge in [0, 0.05) is 24.7 Å². The van der Waals surface area contributed by atoms with Gasteiger partial charge in [0.25, 0.3) is 0 Å². The number of aliphatic imine (C=N–C) groups is 1. The van der Waals surface area contributed by atoms with Gasteiger partial charge in [0.1, 0.15) is 17.1 Å². The van der Waals surface area contributed by atoms with Crippen LogP contribution in [0.5, 0.6) is 11.5 Å². The van der Waals surface area contributed by atoms with Crippen LogP contribution in [0.15, 0.2) is 47.7 Å². The molecule has 0 radical (unpaired) electrons. The Hall–Kier alpha value is -3.62. The molecule has 9 heteroatoms. The molecular formula is C28H35N5O4. The highest BCUT2D eigenvalue weighted by atomic mass is 16.5. The van der Waals surface area contributed by atoms with Crippen LogP contribution in [-0.2, 0) is 9.59 Å². The van der Waals surface area contributed by atoms with Gasteiger partial charge in [0.2, 0.25) is 11.8 Å². The first kappa shape index (κ1) is 25.0. The lowest BCUT2D eigenvalue weighted by Gasteiger charge is -2.39. The number of hydrogen-bond acceptors (Lipinski definition) is 7. The highest BCUT2D eigenvalue weighted by Crippen LogP contribution is 2.52. The SMILES string of the molecule is COc1cccc2c1C(NC(=O)[C@@H]1C[C@H]1C(c1cccnc1)N1C(=O)CC(C)(C)N=C1N)CC(C)(C)O2. The number of hydrogen-bond donors (Lipinski definition) is 2. The number of methoxy groups -OCH3 is 1. The van der Waals surface area contributed by atoms with Crippen molar-refractivity contribution in [1.29, 1.82) is 0 Å². The van der Waals surface area contributed by atoms with Gasteiger partial charge in [0.15, 0.2) is 5.96 Å². The van der Waals surface area contributed by atoms with Gasteiger partial charge in [0.05, 0.1) is 36.7 Å². The van der Waals surface area contributed by atoms with Crippen LogP contribution in [0.4, 0.5) is 0 Å². The molecule has 3 aliphatic rings. The summed E-state index contributed by atoms with van der Waals surface area (Å²) >= 11 is 0. The maximum Gasteiger partial charge on any atom is 0.232 e. The van der Waals surface area contributed by atoms with E-state index in [4.69, 9.17) is 15.2 Å². The largest absolute Gasteiger partial charge is 0.496 e. The number of nitrogens with one attached hydrogen (secondary N) is 1. The van der Waals surface area contributed by atoms with Gasteiger partial charge < -0.3 is 20.5 Å². The predicted molar refractivity (Wildman–Crippen MR) is 139 cm³/mol. The van der Waals surface area contributed by atoms with Crippen molar-refractivity contribution < 1.29 is 19.1 Å². The summed E-state index contributed by atoms with van der Waals surface area (Å²) in [7, 11) is 1.62. The summed E-state index contributed by atoms with van der Waals surface area (Å²) in [5.41, 5.74) is 7.03. The third-order valence-electron chi connectivity index (χ3n) is 7.40. The number of guanidine groups is 1. The number of rotatable bonds is 6. The average Bonchev–Trinajstić information content (AvgIpc) is 3.60. The van der Waals surface area contributed by atoms with Crippen LogP contribution in [0, 0.1) is 11.8 Å². The molecule has 1 fully saturated rings. The summed E-state index contributed by atoms with van der Waals surface area (Å²) in [6.07, 6.45) is 4.92. The van der Waals surface area contributed by atoms with Crippen LogP contribution in [0.25, 0.3) is 0 Å². The third-order valence-corrected chi connectivity index (χ3v) is 7.40. The van der Waals surface area contributed by atoms with Crippen LogP contribution in [0.1, 0.15) is 70.2 Å². The van der Waals surface area contributed by atoms with E-state index in [0.29, 0.717) is 24.3 Å². The van der Waals surface area contributed by atoms with Crippen LogP contribution in [0.2, 0.25) is 0 Å². The van der Waals surface area contributed by atoms with E-state index in [1.807, 2.05) is 58.0 Å². The number of nitrogens with zero attached hydrogens (tertiary/aromatic N) is 3. The van der Waals surface area contributed by atoms with E-state index in [-0.39, 0.29) is 42.1 Å². The number of ether oxygens (including phenoxy) is 2. The van der Waals surface area contributed by atoms with E-state index in [0.717, 1.165) is 11.1 Å². The van der Waals surface area contributed by atoms with Gasteiger partial charge in [-0.2, -0.15) is 0 Å². The van der Waals surface area contributed by atoms with Gasteiger partial charge in [-0.15, -0.1) is 0 Å². The monoisotopic (exact) mass is 505 g/mol. The summed E-state index contributed by atoms with van der Waals surface area (Å²) in [5.74, 6) is 1.06. The van der Waals surface area contributed by atoms with E-state index in [9.17, 15) is 9.59 Å². The first-order valence-electron chi connectivity index (χ1n) is 12.7. The Morgan fingerprint density at radius 1 is 1.24 bits per heavy atom. The molecule has 1 aliphatic carbocycles. The molecule has 9 nitrogen and oxygen atoms in total. The Kier molecular flexibility index (Phi) is 6.12. The summed E-state index contributed by atoms with van der Waals surface area (Å²) in [5, 5.41) is 3.26. The van der Waals surface area contributed by atoms with Crippen molar-refractivity contribution >= 4 is 17.8 Å². The topological polar surface area (TPSA) is 119 Å². The molecule has 2 aromatic rings. The number of benzene rings is 1. The smallest absolute Gasteiger partial charge is 0.232 e. The second-order valence-corrected chi connectivity index (χ2v) is 11.5. The minimum absolute atomic E-state index is 0.0567. The van der Waals surface area contributed by atoms with Crippen LogP contribution in [-0.4, -0.2) is 45.9 Å². The van der Waals surface area contributed by atoms with Crippen molar-refractivity contribution in [3.63, 3.8) is 0 Å². The van der Waals surface area contributed by atoms with Gasteiger partial charge in [-0.05, 0) is 63.8 Å². The zero-order chi connectivity index (χ0) is 26.5. The van der Waals surface area contributed by atoms with Crippen molar-refractivity contribution in [1.82, 2.24) is 15.2 Å². The molecule has 0 bridgehead atoms. The van der Waals surface area contributed by atoms with E-state index < -0.39 is 17.2 Å². The van der Waals surface area contributed by atoms with Gasteiger partial charge in [-0.1, -0.05) is 12.1 Å². The second kappa shape index (κ2) is 9.04. The molecule has 1 aromatic carbocycles. The molecule has 4 atom stereocenters. The van der Waals surface area contributed by atoms with Crippen LogP contribution in [0.3, 0.4) is 0 Å². The maximum atomic E-state index is 13.6. The number of carbonyl (C=O) groups excluding carboxylic acids is 2. The lowest BCUT2D eigenvalue weighted by Crippen LogP contribution is -2.52. The number of pyridine rings is 1. The highest BCUT2D eigenvalue weighted by Gasteiger charge is 2.53. The number of carbonyl (C=O) groups is 2. The fourth-order valence-electron chi connectivity index (χ4n) is 5.76. The molecular weight excluding hydrogens is 470 g/mol. The fraction of sp³-hybridized carbons (Fsp3) is 0.500. The van der Waals surface area contributed by atoms with Crippen LogP contribution < -0.4 is 20.5 Å². The van der Waals surface area contributed by atoms with Crippen LogP contribution >= 0.6 is 0 Å². The number of amides is 2. The van der Waals surface area contributed by atoms with Gasteiger partial charge in [-0.25, -0.2) is 4.99 Å². The normalized spacial score (nSPS) is 26.3. The molecule has 5 rings (SSSR count). The quantitative estimate of drug-likeness (QED) is 0.620. The predicted octanol–water partition coefficient (Wildman–Crippen LogP) is 3.51. The molecule has 1 aromatic heterocycles. The molecule has 2 unspecified atom stereocenters. The van der Waals surface area contributed by atoms with E-state index in [1.165, 1.54) is 0 Å². The molecule has 1 saturated carbocycles. The summed E-state index contributed by atoms with van der Waals surface area (Å²) < 4.78 is 11.8. The zero-order valence-corrected chi connectivity index (χ0v) is 22.0. The minimum Gasteiger partial charge on any atom is -0.496 e. The molecule has 196 valence electrons. The zero-order valence-electron chi connectivity index (χ0n) is 22.0. The summed E-state index contributed by atoms with van der Waals surface area (Å²) in [6.45, 7) is 7.81. The number of aromatic nitrogens is 1. The first-order chi connectivity index (χ1) is 17.5. The Labute approximate surface area is 217 Å². The molecule has 2 amide bonds. The average molecular weight is 506 g/mol. The van der Waals surface area contributed by atoms with E-state index in [1.54, 1.807) is 24.4 Å². The Morgan fingerprint density at radius 2 is 2.03 bits per heavy atom. The van der Waals surface area contributed by atoms with Crippen molar-refractivity contribution in [3.8, 4) is 11.5 Å². The summed E-state index contributed by atoms with van der Waals surface area (Å²) in [4.78, 5) is 37.3. The van der Waals surface area contributed by atoms with Crippen molar-refractivity contribution in [2.24, 2.45) is 22.6 Å². The lowest BCUT2D eigenvalue weighted by atomic mass is 9.89. The Morgan fingerprint density at radius 3 is 2.70 bits per heavy atom. The second-order valence-electron chi connectivity index (χ2n) is 11.5. The molecule has 0 saturated heterocycles. The Bertz CT molecular complexity index is 1240. The van der Waals surface area contributed by atoms with Crippen molar-refractivity contribution in [2.45, 2.75) is 70.2 Å². The van der Waals surface area contributed by atoms with Gasteiger partial charge in [-0.3, -0.25) is 19.5 Å². The molecule has 0 spiro atoms. The van der Waals surface area contributed by atoms with E-state index >= 15 is 0 Å². The molecule has 3 N–H and O–H groups in total. The number of nitrogens with two attached hydrogens (primary N) is 1. The van der Waals surface area contributed by atoms with Crippen molar-refractivity contribution in [2.75, 3.05) is 7.11 Å². The minimum atomic E-state index is -0.556. The number of fused-ring (bicyclic) bond motifs is 1. The third kappa shape index (κ3) is 4.86. The van der Waals surface area contributed by atoms with Crippen molar-refractivity contribution in [3.05, 3.63) is 53.9 Å². The standard InChI is InChI=1S/C28H35N5O4/c1-27(2)14-22(34)33(26(29)32-27)24(16-8-7-11-30-15-16)17-12-18(17)25(35)31-19-13-28(3,4)37-21-10-6-9-20(36-5)23(19)21/h6-11,15,17-19,24H,12-14H2,1-5H3,(H2,29,32)(H,31,35)/t17-,18-,19?,24?/m1/s1. The lowest BCUT2D eigenvalue weighted by molar-refractivity contribution is -0.132. The van der Waals surface area contributed by atoms with Gasteiger partial charge >= 0.3 is 0 Å². The first-order valence-corrected chi connectivity index (χ1v) is 12.7. The Balaban J connectivity index is 1.41. The van der Waals surface area contributed by atoms with E-state index in [2.05, 4.69) is 15.3 Å². The maximum absolute atomic E-state index is 13.6.